The van der Waals surface area contributed by atoms with Crippen molar-refractivity contribution >= 4 is 0 Å². The SMILES string of the molecule is COC1=CCC=C1OC. The van der Waals surface area contributed by atoms with Gasteiger partial charge in [0.2, 0.25) is 0 Å². The second-order valence-electron chi connectivity index (χ2n) is 1.78. The van der Waals surface area contributed by atoms with Crippen molar-refractivity contribution in [1.29, 1.82) is 0 Å². The third-order valence-electron chi connectivity index (χ3n) is 1.29. The second kappa shape index (κ2) is 2.58. The maximum Gasteiger partial charge on any atom is 0.156 e. The molecule has 1 rings (SSSR count). The number of methoxy groups -OCH3 is 2. The molecular formula is C7H10O2. The van der Waals surface area contributed by atoms with Gasteiger partial charge in [-0.25, -0.2) is 0 Å². The normalized spacial score (nSPS) is 16.7. The molecular weight excluding hydrogens is 116 g/mol. The fourth-order valence-electron chi connectivity index (χ4n) is 0.842. The highest BCUT2D eigenvalue weighted by Gasteiger charge is 2.08. The zero-order valence-electron chi connectivity index (χ0n) is 5.68. The summed E-state index contributed by atoms with van der Waals surface area (Å²) in [5.74, 6) is 1.69. The van der Waals surface area contributed by atoms with Gasteiger partial charge in [-0.1, -0.05) is 0 Å². The fraction of sp³-hybridized carbons (Fsp3) is 0.429. The summed E-state index contributed by atoms with van der Waals surface area (Å²) >= 11 is 0. The molecule has 1 aliphatic rings. The van der Waals surface area contributed by atoms with E-state index >= 15 is 0 Å². The van der Waals surface area contributed by atoms with E-state index in [0.717, 1.165) is 17.9 Å². The summed E-state index contributed by atoms with van der Waals surface area (Å²) in [5.41, 5.74) is 0. The van der Waals surface area contributed by atoms with Crippen molar-refractivity contribution in [3.05, 3.63) is 23.7 Å². The zero-order chi connectivity index (χ0) is 6.69. The molecule has 0 atom stereocenters. The topological polar surface area (TPSA) is 18.5 Å². The Balaban J connectivity index is 2.62. The Morgan fingerprint density at radius 3 is 1.89 bits per heavy atom. The summed E-state index contributed by atoms with van der Waals surface area (Å²) in [5, 5.41) is 0. The van der Waals surface area contributed by atoms with Gasteiger partial charge in [-0.3, -0.25) is 0 Å². The average molecular weight is 126 g/mol. The number of allylic oxidation sites excluding steroid dienone is 2. The summed E-state index contributed by atoms with van der Waals surface area (Å²) in [6.07, 6.45) is 4.89. The summed E-state index contributed by atoms with van der Waals surface area (Å²) < 4.78 is 9.96. The van der Waals surface area contributed by atoms with Crippen LogP contribution in [0.1, 0.15) is 6.42 Å². The molecule has 0 amide bonds. The number of ether oxygens (including phenoxy) is 2. The smallest absolute Gasteiger partial charge is 0.156 e. The highest BCUT2D eigenvalue weighted by molar-refractivity contribution is 5.27. The van der Waals surface area contributed by atoms with Gasteiger partial charge in [0.05, 0.1) is 14.2 Å². The molecule has 0 unspecified atom stereocenters. The fourth-order valence-corrected chi connectivity index (χ4v) is 0.842. The Morgan fingerprint density at radius 2 is 1.56 bits per heavy atom. The Labute approximate surface area is 54.8 Å². The van der Waals surface area contributed by atoms with Crippen LogP contribution in [0, 0.1) is 0 Å². The monoisotopic (exact) mass is 126 g/mol. The van der Waals surface area contributed by atoms with Crippen LogP contribution in [0.4, 0.5) is 0 Å². The standard InChI is InChI=1S/C7H10O2/c1-8-6-4-3-5-7(6)9-2/h4-5H,3H2,1-2H3. The largest absolute Gasteiger partial charge is 0.493 e. The van der Waals surface area contributed by atoms with E-state index in [4.69, 9.17) is 9.47 Å². The molecule has 50 valence electrons. The summed E-state index contributed by atoms with van der Waals surface area (Å²) in [4.78, 5) is 0. The van der Waals surface area contributed by atoms with Crippen molar-refractivity contribution in [2.45, 2.75) is 6.42 Å². The molecule has 0 bridgehead atoms. The van der Waals surface area contributed by atoms with Gasteiger partial charge in [0.25, 0.3) is 0 Å². The minimum Gasteiger partial charge on any atom is -0.493 e. The van der Waals surface area contributed by atoms with Gasteiger partial charge in [0.15, 0.2) is 11.5 Å². The lowest BCUT2D eigenvalue weighted by molar-refractivity contribution is 0.223. The van der Waals surface area contributed by atoms with Crippen molar-refractivity contribution in [1.82, 2.24) is 0 Å². The predicted molar refractivity (Wildman–Crippen MR) is 34.8 cm³/mol. The van der Waals surface area contributed by atoms with Crippen LogP contribution >= 0.6 is 0 Å². The molecule has 0 aromatic rings. The molecule has 0 spiro atoms. The lowest BCUT2D eigenvalue weighted by atomic mass is 10.5. The highest BCUT2D eigenvalue weighted by atomic mass is 16.5. The van der Waals surface area contributed by atoms with Gasteiger partial charge < -0.3 is 9.47 Å². The molecule has 0 aliphatic heterocycles. The number of hydrogen-bond donors (Lipinski definition) is 0. The molecule has 9 heavy (non-hydrogen) atoms. The van der Waals surface area contributed by atoms with Gasteiger partial charge in [0.1, 0.15) is 0 Å². The van der Waals surface area contributed by atoms with E-state index in [1.165, 1.54) is 0 Å². The van der Waals surface area contributed by atoms with Crippen molar-refractivity contribution in [2.24, 2.45) is 0 Å². The second-order valence-corrected chi connectivity index (χ2v) is 1.78. The lowest BCUT2D eigenvalue weighted by Gasteiger charge is -2.03. The van der Waals surface area contributed by atoms with E-state index in [2.05, 4.69) is 0 Å². The summed E-state index contributed by atoms with van der Waals surface area (Å²) in [6, 6.07) is 0. The van der Waals surface area contributed by atoms with E-state index in [0.29, 0.717) is 0 Å². The first-order valence-corrected chi connectivity index (χ1v) is 2.87. The molecule has 0 aromatic heterocycles. The quantitative estimate of drug-likeness (QED) is 0.557. The first-order valence-electron chi connectivity index (χ1n) is 2.87. The summed E-state index contributed by atoms with van der Waals surface area (Å²) in [6.45, 7) is 0. The van der Waals surface area contributed by atoms with E-state index in [-0.39, 0.29) is 0 Å². The van der Waals surface area contributed by atoms with E-state index in [1.807, 2.05) is 12.2 Å². The highest BCUT2D eigenvalue weighted by Crippen LogP contribution is 2.19. The first-order chi connectivity index (χ1) is 4.38. The molecule has 0 fully saturated rings. The van der Waals surface area contributed by atoms with Crippen LogP contribution in [0.15, 0.2) is 23.7 Å². The maximum atomic E-state index is 4.98. The third-order valence-corrected chi connectivity index (χ3v) is 1.29. The Bertz CT molecular complexity index is 138. The molecule has 1 aliphatic carbocycles. The molecule has 0 heterocycles. The lowest BCUT2D eigenvalue weighted by Crippen LogP contribution is -1.90. The van der Waals surface area contributed by atoms with Crippen LogP contribution in [-0.2, 0) is 9.47 Å². The molecule has 0 saturated heterocycles. The Morgan fingerprint density at radius 1 is 1.11 bits per heavy atom. The van der Waals surface area contributed by atoms with Crippen molar-refractivity contribution in [3.63, 3.8) is 0 Å². The molecule has 0 radical (unpaired) electrons. The molecule has 0 saturated carbocycles. The van der Waals surface area contributed by atoms with Gasteiger partial charge in [-0.2, -0.15) is 0 Å². The minimum atomic E-state index is 0.845. The third kappa shape index (κ3) is 1.07. The average Bonchev–Trinajstić information content (AvgIpc) is 2.33. The van der Waals surface area contributed by atoms with E-state index in [1.54, 1.807) is 14.2 Å². The minimum absolute atomic E-state index is 0.845. The molecule has 0 N–H and O–H groups in total. The van der Waals surface area contributed by atoms with Crippen LogP contribution in [-0.4, -0.2) is 14.2 Å². The Hall–Kier alpha value is -0.920. The molecule has 0 aromatic carbocycles. The van der Waals surface area contributed by atoms with Crippen LogP contribution < -0.4 is 0 Å². The van der Waals surface area contributed by atoms with Crippen LogP contribution in [0.5, 0.6) is 0 Å². The number of hydrogen-bond acceptors (Lipinski definition) is 2. The summed E-state index contributed by atoms with van der Waals surface area (Å²) in [7, 11) is 3.29. The maximum absolute atomic E-state index is 4.98. The molecule has 2 heteroatoms. The predicted octanol–water partition coefficient (Wildman–Crippen LogP) is 1.45. The zero-order valence-corrected chi connectivity index (χ0v) is 5.68. The van der Waals surface area contributed by atoms with Crippen LogP contribution in [0.25, 0.3) is 0 Å². The van der Waals surface area contributed by atoms with Crippen LogP contribution in [0.3, 0.4) is 0 Å². The van der Waals surface area contributed by atoms with Crippen molar-refractivity contribution < 1.29 is 9.47 Å². The Kier molecular flexibility index (Phi) is 1.78. The van der Waals surface area contributed by atoms with Crippen molar-refractivity contribution in [3.8, 4) is 0 Å². The van der Waals surface area contributed by atoms with E-state index < -0.39 is 0 Å². The van der Waals surface area contributed by atoms with Gasteiger partial charge in [0, 0.05) is 0 Å². The van der Waals surface area contributed by atoms with Gasteiger partial charge in [-0.05, 0) is 18.6 Å². The molecule has 2 nitrogen and oxygen atoms in total. The van der Waals surface area contributed by atoms with Crippen molar-refractivity contribution in [2.75, 3.05) is 14.2 Å². The first kappa shape index (κ1) is 6.20. The van der Waals surface area contributed by atoms with Crippen LogP contribution in [0.2, 0.25) is 0 Å². The number of rotatable bonds is 2. The van der Waals surface area contributed by atoms with Gasteiger partial charge in [-0.15, -0.1) is 0 Å². The van der Waals surface area contributed by atoms with Gasteiger partial charge >= 0.3 is 0 Å². The van der Waals surface area contributed by atoms with E-state index in [9.17, 15) is 0 Å².